The van der Waals surface area contributed by atoms with Gasteiger partial charge < -0.3 is 10.2 Å². The molecule has 0 radical (unpaired) electrons. The number of nitrogens with zero attached hydrogens (tertiary/aromatic N) is 1. The summed E-state index contributed by atoms with van der Waals surface area (Å²) in [5.74, 6) is -5.24. The Labute approximate surface area is 138 Å². The third-order valence-corrected chi connectivity index (χ3v) is 3.40. The molecule has 0 aliphatic rings. The van der Waals surface area contributed by atoms with Gasteiger partial charge in [0.1, 0.15) is 0 Å². The zero-order valence-corrected chi connectivity index (χ0v) is 13.1. The second kappa shape index (κ2) is 7.77. The number of anilines is 1. The Balaban J connectivity index is 1.89. The van der Waals surface area contributed by atoms with Crippen LogP contribution in [0.3, 0.4) is 0 Å². The van der Waals surface area contributed by atoms with Gasteiger partial charge in [0.2, 0.25) is 0 Å². The van der Waals surface area contributed by atoms with E-state index in [0.717, 1.165) is 16.1 Å². The summed E-state index contributed by atoms with van der Waals surface area (Å²) < 4.78 is 39.9. The molecular formula is C15H10BrF3N2O2. The van der Waals surface area contributed by atoms with Crippen LogP contribution in [0.4, 0.5) is 18.9 Å². The molecule has 2 aromatic rings. The highest BCUT2D eigenvalue weighted by molar-refractivity contribution is 9.10. The van der Waals surface area contributed by atoms with Gasteiger partial charge in [-0.15, -0.1) is 0 Å². The van der Waals surface area contributed by atoms with E-state index >= 15 is 0 Å². The van der Waals surface area contributed by atoms with E-state index in [1.165, 1.54) is 6.21 Å². The van der Waals surface area contributed by atoms with E-state index in [9.17, 15) is 18.0 Å². The highest BCUT2D eigenvalue weighted by atomic mass is 79.9. The van der Waals surface area contributed by atoms with E-state index in [2.05, 4.69) is 26.4 Å². The van der Waals surface area contributed by atoms with Crippen LogP contribution >= 0.6 is 15.9 Å². The van der Waals surface area contributed by atoms with Crippen molar-refractivity contribution in [3.8, 4) is 0 Å². The maximum Gasteiger partial charge on any atom is 0.265 e. The summed E-state index contributed by atoms with van der Waals surface area (Å²) in [5, 5.41) is 5.65. The minimum Gasteiger partial charge on any atom is -0.386 e. The molecule has 0 saturated carbocycles. The van der Waals surface area contributed by atoms with Gasteiger partial charge >= 0.3 is 0 Å². The summed E-state index contributed by atoms with van der Waals surface area (Å²) in [6, 6.07) is 8.82. The first-order chi connectivity index (χ1) is 11.0. The van der Waals surface area contributed by atoms with Gasteiger partial charge in [-0.2, -0.15) is 0 Å². The average Bonchev–Trinajstić information content (AvgIpc) is 2.54. The number of hydrogen-bond donors (Lipinski definition) is 1. The van der Waals surface area contributed by atoms with Gasteiger partial charge in [-0.3, -0.25) is 4.79 Å². The second-order valence-electron chi connectivity index (χ2n) is 4.30. The molecule has 0 aliphatic carbocycles. The summed E-state index contributed by atoms with van der Waals surface area (Å²) in [5.41, 5.74) is 0.256. The lowest BCUT2D eigenvalue weighted by Gasteiger charge is -2.06. The first-order valence-corrected chi connectivity index (χ1v) is 7.11. The summed E-state index contributed by atoms with van der Waals surface area (Å²) in [6.07, 6.45) is 1.38. The van der Waals surface area contributed by atoms with Crippen LogP contribution in [-0.4, -0.2) is 18.7 Å². The van der Waals surface area contributed by atoms with E-state index in [1.807, 2.05) is 6.07 Å². The molecule has 0 aliphatic heterocycles. The van der Waals surface area contributed by atoms with Crippen molar-refractivity contribution in [3.63, 3.8) is 0 Å². The normalized spacial score (nSPS) is 10.8. The molecule has 120 valence electrons. The van der Waals surface area contributed by atoms with Gasteiger partial charge in [0.25, 0.3) is 5.91 Å². The molecule has 0 heterocycles. The first kappa shape index (κ1) is 17.0. The lowest BCUT2D eigenvalue weighted by atomic mass is 10.2. The van der Waals surface area contributed by atoms with Gasteiger partial charge in [0.05, 0.1) is 11.9 Å². The van der Waals surface area contributed by atoms with Crippen molar-refractivity contribution in [1.82, 2.24) is 0 Å². The zero-order chi connectivity index (χ0) is 16.8. The molecule has 8 heteroatoms. The minimum atomic E-state index is -1.66. The first-order valence-electron chi connectivity index (χ1n) is 6.32. The number of oxime groups is 1. The predicted octanol–water partition coefficient (Wildman–Crippen LogP) is 3.86. The standard InChI is InChI=1S/C15H10BrF3N2O2/c16-10-4-2-1-3-9(10)7-20-23-8-13(22)21-12-6-5-11(17)14(18)15(12)19/h1-7H,8H2,(H,21,22)/b20-7-. The fourth-order valence-electron chi connectivity index (χ4n) is 1.58. The fourth-order valence-corrected chi connectivity index (χ4v) is 1.97. The molecule has 0 saturated heterocycles. The molecule has 0 fully saturated rings. The van der Waals surface area contributed by atoms with Crippen LogP contribution in [0.1, 0.15) is 5.56 Å². The zero-order valence-electron chi connectivity index (χ0n) is 11.5. The molecule has 0 bridgehead atoms. The van der Waals surface area contributed by atoms with Crippen molar-refractivity contribution < 1.29 is 22.8 Å². The Hall–Kier alpha value is -2.35. The van der Waals surface area contributed by atoms with Crippen LogP contribution < -0.4 is 5.32 Å². The number of nitrogens with one attached hydrogen (secondary N) is 1. The largest absolute Gasteiger partial charge is 0.386 e. The van der Waals surface area contributed by atoms with Crippen LogP contribution in [-0.2, 0) is 9.63 Å². The number of rotatable bonds is 5. The smallest absolute Gasteiger partial charge is 0.265 e. The molecule has 0 spiro atoms. The van der Waals surface area contributed by atoms with E-state index in [0.29, 0.717) is 6.07 Å². The fraction of sp³-hybridized carbons (Fsp3) is 0.0667. The number of carbonyl (C=O) groups excluding carboxylic acids is 1. The van der Waals surface area contributed by atoms with Crippen molar-refractivity contribution in [2.24, 2.45) is 5.16 Å². The van der Waals surface area contributed by atoms with Crippen molar-refractivity contribution in [2.45, 2.75) is 0 Å². The molecule has 2 rings (SSSR count). The van der Waals surface area contributed by atoms with Gasteiger partial charge in [0.15, 0.2) is 24.1 Å². The second-order valence-corrected chi connectivity index (χ2v) is 5.15. The van der Waals surface area contributed by atoms with Gasteiger partial charge in [0, 0.05) is 10.0 Å². The van der Waals surface area contributed by atoms with Crippen molar-refractivity contribution in [1.29, 1.82) is 0 Å². The van der Waals surface area contributed by atoms with Crippen molar-refractivity contribution in [3.05, 3.63) is 63.9 Å². The highest BCUT2D eigenvalue weighted by Gasteiger charge is 2.15. The Morgan fingerprint density at radius 3 is 2.65 bits per heavy atom. The number of carbonyl (C=O) groups is 1. The maximum absolute atomic E-state index is 13.4. The lowest BCUT2D eigenvalue weighted by molar-refractivity contribution is -0.120. The number of benzene rings is 2. The topological polar surface area (TPSA) is 50.7 Å². The quantitative estimate of drug-likeness (QED) is 0.481. The Kier molecular flexibility index (Phi) is 5.75. The third kappa shape index (κ3) is 4.56. The predicted molar refractivity (Wildman–Crippen MR) is 82.6 cm³/mol. The van der Waals surface area contributed by atoms with Crippen LogP contribution in [0, 0.1) is 17.5 Å². The molecule has 4 nitrogen and oxygen atoms in total. The van der Waals surface area contributed by atoms with E-state index in [-0.39, 0.29) is 0 Å². The van der Waals surface area contributed by atoms with Gasteiger partial charge in [-0.05, 0) is 18.2 Å². The van der Waals surface area contributed by atoms with Crippen LogP contribution in [0.15, 0.2) is 46.0 Å². The number of amides is 1. The summed E-state index contributed by atoms with van der Waals surface area (Å²) in [6.45, 7) is -0.514. The lowest BCUT2D eigenvalue weighted by Crippen LogP contribution is -2.18. The molecular weight excluding hydrogens is 377 g/mol. The molecule has 0 aromatic heterocycles. The summed E-state index contributed by atoms with van der Waals surface area (Å²) in [7, 11) is 0. The number of hydrogen-bond acceptors (Lipinski definition) is 3. The average molecular weight is 387 g/mol. The minimum absolute atomic E-state index is 0.479. The van der Waals surface area contributed by atoms with Crippen LogP contribution in [0.2, 0.25) is 0 Å². The van der Waals surface area contributed by atoms with Crippen LogP contribution in [0.25, 0.3) is 0 Å². The highest BCUT2D eigenvalue weighted by Crippen LogP contribution is 2.19. The van der Waals surface area contributed by atoms with E-state index in [4.69, 9.17) is 4.84 Å². The SMILES string of the molecule is O=C(CO/N=C\c1ccccc1Br)Nc1ccc(F)c(F)c1F. The van der Waals surface area contributed by atoms with Crippen molar-refractivity contribution in [2.75, 3.05) is 11.9 Å². The van der Waals surface area contributed by atoms with Gasteiger partial charge in [-0.25, -0.2) is 13.2 Å². The van der Waals surface area contributed by atoms with E-state index < -0.39 is 35.7 Å². The maximum atomic E-state index is 13.4. The molecule has 1 amide bonds. The molecule has 2 aromatic carbocycles. The molecule has 0 atom stereocenters. The third-order valence-electron chi connectivity index (χ3n) is 2.68. The molecule has 0 unspecified atom stereocenters. The Bertz CT molecular complexity index is 753. The Morgan fingerprint density at radius 1 is 1.17 bits per heavy atom. The summed E-state index contributed by atoms with van der Waals surface area (Å²) >= 11 is 3.31. The Morgan fingerprint density at radius 2 is 1.91 bits per heavy atom. The molecule has 1 N–H and O–H groups in total. The molecule has 23 heavy (non-hydrogen) atoms. The van der Waals surface area contributed by atoms with E-state index in [1.54, 1.807) is 18.2 Å². The van der Waals surface area contributed by atoms with Crippen molar-refractivity contribution >= 4 is 33.7 Å². The summed E-state index contributed by atoms with van der Waals surface area (Å²) in [4.78, 5) is 16.3. The monoisotopic (exact) mass is 386 g/mol. The number of halogens is 4. The van der Waals surface area contributed by atoms with Gasteiger partial charge in [-0.1, -0.05) is 39.3 Å². The van der Waals surface area contributed by atoms with Crippen LogP contribution in [0.5, 0.6) is 0 Å².